The van der Waals surface area contributed by atoms with Crippen LogP contribution in [0.5, 0.6) is 0 Å². The van der Waals surface area contributed by atoms with Gasteiger partial charge >= 0.3 is 0 Å². The molecule has 3 N–H and O–H groups in total. The summed E-state index contributed by atoms with van der Waals surface area (Å²) < 4.78 is 0. The van der Waals surface area contributed by atoms with Crippen molar-refractivity contribution in [2.75, 3.05) is 5.75 Å². The number of hydrogen-bond acceptors (Lipinski definition) is 3. The Morgan fingerprint density at radius 1 is 1.05 bits per heavy atom. The predicted octanol–water partition coefficient (Wildman–Crippen LogP) is 3.47. The fourth-order valence-electron chi connectivity index (χ4n) is 2.08. The molecule has 0 saturated heterocycles. The number of nitrogens with one attached hydrogen (secondary N) is 1. The van der Waals surface area contributed by atoms with Crippen LogP contribution in [-0.4, -0.2) is 11.8 Å². The summed E-state index contributed by atoms with van der Waals surface area (Å²) >= 11 is 1.85. The number of thioether (sulfide) groups is 1. The third kappa shape index (κ3) is 4.67. The van der Waals surface area contributed by atoms with Crippen LogP contribution in [0.25, 0.3) is 0 Å². The number of hydrogen-bond donors (Lipinski definition) is 2. The van der Waals surface area contributed by atoms with Crippen molar-refractivity contribution in [1.29, 1.82) is 0 Å². The van der Waals surface area contributed by atoms with Crippen LogP contribution < -0.4 is 11.3 Å². The summed E-state index contributed by atoms with van der Waals surface area (Å²) in [7, 11) is 0. The second-order valence-corrected chi connectivity index (χ2v) is 6.27. The van der Waals surface area contributed by atoms with E-state index in [4.69, 9.17) is 5.84 Å². The molecule has 0 radical (unpaired) electrons. The zero-order chi connectivity index (χ0) is 14.4. The first-order valence-corrected chi connectivity index (χ1v) is 7.87. The molecule has 0 bridgehead atoms. The van der Waals surface area contributed by atoms with Gasteiger partial charge in [-0.05, 0) is 38.0 Å². The van der Waals surface area contributed by atoms with Crippen molar-refractivity contribution in [2.45, 2.75) is 31.2 Å². The average Bonchev–Trinajstić information content (AvgIpc) is 2.45. The van der Waals surface area contributed by atoms with Gasteiger partial charge in [-0.1, -0.05) is 47.5 Å². The van der Waals surface area contributed by atoms with Gasteiger partial charge in [0.15, 0.2) is 0 Å². The lowest BCUT2D eigenvalue weighted by Gasteiger charge is -2.16. The van der Waals surface area contributed by atoms with E-state index in [9.17, 15) is 0 Å². The van der Waals surface area contributed by atoms with Gasteiger partial charge in [-0.15, -0.1) is 11.8 Å². The third-order valence-electron chi connectivity index (χ3n) is 3.28. The van der Waals surface area contributed by atoms with Crippen molar-refractivity contribution in [3.8, 4) is 0 Å². The van der Waals surface area contributed by atoms with Crippen LogP contribution in [0.15, 0.2) is 53.4 Å². The summed E-state index contributed by atoms with van der Waals surface area (Å²) in [6, 6.07) is 17.5. The van der Waals surface area contributed by atoms with Crippen LogP contribution >= 0.6 is 11.8 Å². The van der Waals surface area contributed by atoms with Gasteiger partial charge in [-0.3, -0.25) is 11.3 Å². The van der Waals surface area contributed by atoms with Crippen molar-refractivity contribution in [2.24, 2.45) is 5.84 Å². The van der Waals surface area contributed by atoms with E-state index in [-0.39, 0.29) is 6.04 Å². The van der Waals surface area contributed by atoms with E-state index < -0.39 is 0 Å². The first-order valence-electron chi connectivity index (χ1n) is 6.88. The van der Waals surface area contributed by atoms with Crippen LogP contribution in [-0.2, 0) is 6.42 Å². The molecule has 20 heavy (non-hydrogen) atoms. The summed E-state index contributed by atoms with van der Waals surface area (Å²) in [5.74, 6) is 6.65. The number of benzene rings is 2. The quantitative estimate of drug-likeness (QED) is 0.485. The summed E-state index contributed by atoms with van der Waals surface area (Å²) in [6.45, 7) is 4.23. The molecule has 0 spiro atoms. The van der Waals surface area contributed by atoms with Crippen molar-refractivity contribution in [1.82, 2.24) is 5.43 Å². The van der Waals surface area contributed by atoms with Gasteiger partial charge in [0.2, 0.25) is 0 Å². The van der Waals surface area contributed by atoms with E-state index in [1.807, 2.05) is 11.8 Å². The molecule has 2 nitrogen and oxygen atoms in total. The second-order valence-electron chi connectivity index (χ2n) is 5.18. The standard InChI is InChI=1S/C17H22N2S/c1-13-6-8-15(9-7-13)11-16(19-18)12-20-17-5-3-4-14(2)10-17/h3-10,16,19H,11-12,18H2,1-2H3. The molecule has 0 heterocycles. The minimum Gasteiger partial charge on any atom is -0.271 e. The fourth-order valence-corrected chi connectivity index (χ4v) is 3.13. The maximum atomic E-state index is 5.68. The molecule has 1 unspecified atom stereocenters. The van der Waals surface area contributed by atoms with E-state index in [0.29, 0.717) is 0 Å². The van der Waals surface area contributed by atoms with E-state index in [2.05, 4.69) is 67.8 Å². The molecule has 106 valence electrons. The highest BCUT2D eigenvalue weighted by molar-refractivity contribution is 7.99. The molecule has 0 aromatic heterocycles. The molecule has 2 aromatic carbocycles. The minimum atomic E-state index is 0.281. The molecular weight excluding hydrogens is 264 g/mol. The summed E-state index contributed by atoms with van der Waals surface area (Å²) in [5.41, 5.74) is 6.84. The molecule has 0 saturated carbocycles. The molecule has 0 fully saturated rings. The highest BCUT2D eigenvalue weighted by Gasteiger charge is 2.08. The van der Waals surface area contributed by atoms with Crippen molar-refractivity contribution < 1.29 is 0 Å². The lowest BCUT2D eigenvalue weighted by Crippen LogP contribution is -2.38. The van der Waals surface area contributed by atoms with Crippen LogP contribution in [0.1, 0.15) is 16.7 Å². The highest BCUT2D eigenvalue weighted by Crippen LogP contribution is 2.20. The third-order valence-corrected chi connectivity index (χ3v) is 4.44. The zero-order valence-corrected chi connectivity index (χ0v) is 12.9. The Kier molecular flexibility index (Phi) is 5.65. The van der Waals surface area contributed by atoms with E-state index in [1.54, 1.807) is 0 Å². The minimum absolute atomic E-state index is 0.281. The van der Waals surface area contributed by atoms with E-state index >= 15 is 0 Å². The topological polar surface area (TPSA) is 38.0 Å². The second kappa shape index (κ2) is 7.48. The SMILES string of the molecule is Cc1ccc(CC(CSc2cccc(C)c2)NN)cc1. The van der Waals surface area contributed by atoms with Gasteiger partial charge in [0.1, 0.15) is 0 Å². The molecule has 2 aromatic rings. The summed E-state index contributed by atoms with van der Waals surface area (Å²) in [5, 5.41) is 0. The summed E-state index contributed by atoms with van der Waals surface area (Å²) in [4.78, 5) is 1.30. The first-order chi connectivity index (χ1) is 9.67. The molecule has 0 aliphatic carbocycles. The van der Waals surface area contributed by atoms with Gasteiger partial charge in [-0.25, -0.2) is 0 Å². The molecule has 0 aliphatic heterocycles. The Labute approximate surface area is 125 Å². The average molecular weight is 286 g/mol. The lowest BCUT2D eigenvalue weighted by atomic mass is 10.1. The van der Waals surface area contributed by atoms with Crippen LogP contribution in [0.4, 0.5) is 0 Å². The van der Waals surface area contributed by atoms with Crippen LogP contribution in [0.3, 0.4) is 0 Å². The van der Waals surface area contributed by atoms with Crippen LogP contribution in [0, 0.1) is 13.8 Å². The van der Waals surface area contributed by atoms with Gasteiger partial charge < -0.3 is 0 Å². The number of hydrazine groups is 1. The predicted molar refractivity (Wildman–Crippen MR) is 87.9 cm³/mol. The van der Waals surface area contributed by atoms with E-state index in [1.165, 1.54) is 21.6 Å². The van der Waals surface area contributed by atoms with Crippen LogP contribution in [0.2, 0.25) is 0 Å². The fraction of sp³-hybridized carbons (Fsp3) is 0.294. The maximum absolute atomic E-state index is 5.68. The molecule has 0 aliphatic rings. The van der Waals surface area contributed by atoms with Gasteiger partial charge in [0.25, 0.3) is 0 Å². The molecule has 3 heteroatoms. The van der Waals surface area contributed by atoms with Gasteiger partial charge in [0, 0.05) is 16.7 Å². The van der Waals surface area contributed by atoms with Gasteiger partial charge in [0.05, 0.1) is 0 Å². The molecule has 0 amide bonds. The van der Waals surface area contributed by atoms with E-state index in [0.717, 1.165) is 12.2 Å². The lowest BCUT2D eigenvalue weighted by molar-refractivity contribution is 0.575. The largest absolute Gasteiger partial charge is 0.271 e. The molecule has 1 atom stereocenters. The normalized spacial score (nSPS) is 12.3. The number of aryl methyl sites for hydroxylation is 2. The zero-order valence-electron chi connectivity index (χ0n) is 12.1. The number of rotatable bonds is 6. The Bertz CT molecular complexity index is 537. The Balaban J connectivity index is 1.90. The summed E-state index contributed by atoms with van der Waals surface area (Å²) in [6.07, 6.45) is 0.954. The molecule has 2 rings (SSSR count). The number of nitrogens with two attached hydrogens (primary N) is 1. The van der Waals surface area contributed by atoms with Gasteiger partial charge in [-0.2, -0.15) is 0 Å². The smallest absolute Gasteiger partial charge is 0.0344 e. The van der Waals surface area contributed by atoms with Crippen molar-refractivity contribution in [3.05, 3.63) is 65.2 Å². The van der Waals surface area contributed by atoms with Crippen molar-refractivity contribution in [3.63, 3.8) is 0 Å². The monoisotopic (exact) mass is 286 g/mol. The maximum Gasteiger partial charge on any atom is 0.0344 e. The Morgan fingerprint density at radius 3 is 2.45 bits per heavy atom. The highest BCUT2D eigenvalue weighted by atomic mass is 32.2. The Morgan fingerprint density at radius 2 is 1.80 bits per heavy atom. The van der Waals surface area contributed by atoms with Crippen molar-refractivity contribution >= 4 is 11.8 Å². The Hall–Kier alpha value is -1.29. The first kappa shape index (κ1) is 15.1. The molecular formula is C17H22N2S.